The minimum atomic E-state index is -0.645. The molecular formula is C25H40N4O3. The average Bonchev–Trinajstić information content (AvgIpc) is 3.31. The van der Waals surface area contributed by atoms with Crippen LogP contribution in [0.25, 0.3) is 0 Å². The van der Waals surface area contributed by atoms with E-state index in [1.165, 1.54) is 30.5 Å². The van der Waals surface area contributed by atoms with Gasteiger partial charge >= 0.3 is 0 Å². The number of carbonyl (C=O) groups is 1. The van der Waals surface area contributed by atoms with Crippen LogP contribution in [0.5, 0.6) is 0 Å². The van der Waals surface area contributed by atoms with Gasteiger partial charge in [0.2, 0.25) is 0 Å². The van der Waals surface area contributed by atoms with Crippen LogP contribution in [0, 0.1) is 47.3 Å². The van der Waals surface area contributed by atoms with Gasteiger partial charge in [0.1, 0.15) is 6.54 Å². The average molecular weight is 445 g/mol. The van der Waals surface area contributed by atoms with E-state index in [0.29, 0.717) is 35.6 Å². The quantitative estimate of drug-likeness (QED) is 0.746. The molecule has 8 atom stereocenters. The van der Waals surface area contributed by atoms with E-state index in [-0.39, 0.29) is 23.7 Å². The normalized spacial score (nSPS) is 45.7. The minimum Gasteiger partial charge on any atom is -0.387 e. The molecule has 0 bridgehead atoms. The molecule has 4 aliphatic rings. The van der Waals surface area contributed by atoms with Gasteiger partial charge in [-0.05, 0) is 104 Å². The van der Waals surface area contributed by atoms with Gasteiger partial charge in [0, 0.05) is 13.0 Å². The van der Waals surface area contributed by atoms with Crippen LogP contribution in [0.15, 0.2) is 0 Å². The summed E-state index contributed by atoms with van der Waals surface area (Å²) >= 11 is 0. The molecule has 1 aromatic heterocycles. The number of hydrogen-bond donors (Lipinski definition) is 1. The van der Waals surface area contributed by atoms with Crippen molar-refractivity contribution in [3.05, 3.63) is 5.82 Å². The number of aryl methyl sites for hydroxylation is 1. The van der Waals surface area contributed by atoms with Gasteiger partial charge in [0.15, 0.2) is 11.6 Å². The van der Waals surface area contributed by atoms with E-state index in [1.54, 1.807) is 14.0 Å². The Hall–Kier alpha value is -1.34. The molecule has 0 aliphatic heterocycles. The van der Waals surface area contributed by atoms with Crippen molar-refractivity contribution in [3.63, 3.8) is 0 Å². The van der Waals surface area contributed by atoms with Crippen LogP contribution in [0.2, 0.25) is 0 Å². The second-order valence-electron chi connectivity index (χ2n) is 12.0. The molecule has 4 saturated carbocycles. The Morgan fingerprint density at radius 1 is 1.09 bits per heavy atom. The highest BCUT2D eigenvalue weighted by Crippen LogP contribution is 2.68. The first kappa shape index (κ1) is 22.5. The van der Waals surface area contributed by atoms with Crippen molar-refractivity contribution in [2.45, 2.75) is 90.7 Å². The summed E-state index contributed by atoms with van der Waals surface area (Å²) in [4.78, 5) is 14.8. The van der Waals surface area contributed by atoms with Crippen molar-refractivity contribution < 1.29 is 14.6 Å². The van der Waals surface area contributed by atoms with Gasteiger partial charge in [-0.1, -0.05) is 13.8 Å². The first-order chi connectivity index (χ1) is 15.2. The molecule has 1 N–H and O–H groups in total. The van der Waals surface area contributed by atoms with Gasteiger partial charge in [-0.3, -0.25) is 4.79 Å². The Bertz CT molecular complexity index is 873. The minimum absolute atomic E-state index is 0.0997. The van der Waals surface area contributed by atoms with E-state index in [1.807, 2.05) is 0 Å². The van der Waals surface area contributed by atoms with Crippen molar-refractivity contribution in [1.29, 1.82) is 0 Å². The molecule has 0 saturated heterocycles. The van der Waals surface area contributed by atoms with Crippen LogP contribution < -0.4 is 0 Å². The lowest BCUT2D eigenvalue weighted by Crippen LogP contribution is -2.57. The van der Waals surface area contributed by atoms with Crippen molar-refractivity contribution in [2.24, 2.45) is 40.4 Å². The number of ketones is 1. The number of fused-ring (bicyclic) bond motifs is 5. The van der Waals surface area contributed by atoms with Crippen molar-refractivity contribution in [1.82, 2.24) is 20.2 Å². The standard InChI is InChI=1S/C25H40N4O3/c1-16-26-28-29(27-16)14-22(30)21-8-7-19-18-6-5-17-13-25(31,15-32-4)12-11-23(17,2)20(18)9-10-24(19,21)3/h17-21,31H,5-15H2,1-4H3/t17-,18-,19-,20-,21+,23-,24-,25+/m0/s1. The summed E-state index contributed by atoms with van der Waals surface area (Å²) in [5.74, 6) is 3.67. The number of aliphatic hydroxyl groups is 1. The highest BCUT2D eigenvalue weighted by molar-refractivity contribution is 5.81. The Morgan fingerprint density at radius 2 is 1.88 bits per heavy atom. The third kappa shape index (κ3) is 3.46. The molecule has 32 heavy (non-hydrogen) atoms. The molecular weight excluding hydrogens is 404 g/mol. The van der Waals surface area contributed by atoms with E-state index in [0.717, 1.165) is 38.0 Å². The van der Waals surface area contributed by atoms with Crippen LogP contribution in [0.4, 0.5) is 0 Å². The summed E-state index contributed by atoms with van der Waals surface area (Å²) in [5.41, 5.74) is -0.232. The number of ether oxygens (including phenoxy) is 1. The lowest BCUT2D eigenvalue weighted by Gasteiger charge is -2.62. The monoisotopic (exact) mass is 444 g/mol. The molecule has 0 aromatic carbocycles. The van der Waals surface area contributed by atoms with Crippen LogP contribution in [0.3, 0.4) is 0 Å². The molecule has 7 nitrogen and oxygen atoms in total. The fourth-order valence-electron chi connectivity index (χ4n) is 8.89. The fourth-order valence-corrected chi connectivity index (χ4v) is 8.89. The number of aromatic nitrogens is 4. The number of rotatable bonds is 5. The van der Waals surface area contributed by atoms with Crippen molar-refractivity contribution in [2.75, 3.05) is 13.7 Å². The summed E-state index contributed by atoms with van der Waals surface area (Å²) in [6, 6.07) is 0. The zero-order chi connectivity index (χ0) is 22.7. The Morgan fingerprint density at radius 3 is 2.59 bits per heavy atom. The van der Waals surface area contributed by atoms with Crippen LogP contribution >= 0.6 is 0 Å². The summed E-state index contributed by atoms with van der Waals surface area (Å²) in [5, 5.41) is 23.2. The lowest BCUT2D eigenvalue weighted by atomic mass is 9.44. The smallest absolute Gasteiger partial charge is 0.171 e. The molecule has 1 heterocycles. The Kier molecular flexibility index (Phi) is 5.52. The molecule has 0 radical (unpaired) electrons. The zero-order valence-corrected chi connectivity index (χ0v) is 20.2. The van der Waals surface area contributed by atoms with Gasteiger partial charge in [0.25, 0.3) is 0 Å². The predicted octanol–water partition coefficient (Wildman–Crippen LogP) is 3.59. The summed E-state index contributed by atoms with van der Waals surface area (Å²) < 4.78 is 5.36. The first-order valence-electron chi connectivity index (χ1n) is 12.7. The van der Waals surface area contributed by atoms with Gasteiger partial charge in [-0.2, -0.15) is 4.80 Å². The summed E-state index contributed by atoms with van der Waals surface area (Å²) in [6.07, 6.45) is 9.83. The lowest BCUT2D eigenvalue weighted by molar-refractivity contribution is -0.164. The van der Waals surface area contributed by atoms with Gasteiger partial charge in [-0.15, -0.1) is 10.2 Å². The fraction of sp³-hybridized carbons (Fsp3) is 0.920. The molecule has 5 rings (SSSR count). The van der Waals surface area contributed by atoms with Crippen molar-refractivity contribution >= 4 is 5.78 Å². The second kappa shape index (κ2) is 7.86. The molecule has 1 aromatic rings. The Labute approximate surface area is 191 Å². The second-order valence-corrected chi connectivity index (χ2v) is 12.0. The van der Waals surface area contributed by atoms with Crippen LogP contribution in [0.1, 0.15) is 77.5 Å². The predicted molar refractivity (Wildman–Crippen MR) is 120 cm³/mol. The number of hydrogen-bond acceptors (Lipinski definition) is 6. The summed E-state index contributed by atoms with van der Waals surface area (Å²) in [7, 11) is 1.70. The Balaban J connectivity index is 1.32. The first-order valence-corrected chi connectivity index (χ1v) is 12.7. The van der Waals surface area contributed by atoms with Crippen LogP contribution in [-0.4, -0.2) is 50.4 Å². The van der Waals surface area contributed by atoms with E-state index < -0.39 is 5.60 Å². The number of methoxy groups -OCH3 is 1. The highest BCUT2D eigenvalue weighted by atomic mass is 16.5. The van der Waals surface area contributed by atoms with Gasteiger partial charge in [0.05, 0.1) is 12.2 Å². The molecule has 4 fully saturated rings. The molecule has 178 valence electrons. The van der Waals surface area contributed by atoms with Gasteiger partial charge in [-0.25, -0.2) is 0 Å². The van der Waals surface area contributed by atoms with E-state index in [2.05, 4.69) is 29.3 Å². The van der Waals surface area contributed by atoms with E-state index in [4.69, 9.17) is 4.74 Å². The molecule has 4 aliphatic carbocycles. The third-order valence-corrected chi connectivity index (χ3v) is 10.5. The third-order valence-electron chi connectivity index (χ3n) is 10.5. The van der Waals surface area contributed by atoms with Crippen LogP contribution in [-0.2, 0) is 16.1 Å². The SMILES string of the molecule is COC[C@@]1(O)CC[C@@]2(C)[C@@H](CC[C@@H]3[C@@H]2CC[C@]2(C)[C@@H](C(=O)Cn4nnc(C)n4)CC[C@@H]32)C1. The molecule has 7 heteroatoms. The zero-order valence-electron chi connectivity index (χ0n) is 20.2. The topological polar surface area (TPSA) is 90.1 Å². The molecule has 0 amide bonds. The number of carbonyl (C=O) groups excluding carboxylic acids is 1. The molecule has 0 unspecified atom stereocenters. The number of Topliss-reactive ketones (excluding diaryl/α,β-unsaturated/α-hetero) is 1. The highest BCUT2D eigenvalue weighted by Gasteiger charge is 2.62. The summed E-state index contributed by atoms with van der Waals surface area (Å²) in [6.45, 7) is 7.43. The number of nitrogens with zero attached hydrogens (tertiary/aromatic N) is 4. The largest absolute Gasteiger partial charge is 0.387 e. The molecule has 0 spiro atoms. The van der Waals surface area contributed by atoms with Gasteiger partial charge < -0.3 is 9.84 Å². The maximum absolute atomic E-state index is 13.3. The maximum Gasteiger partial charge on any atom is 0.171 e. The van der Waals surface area contributed by atoms with Crippen molar-refractivity contribution in [3.8, 4) is 0 Å². The maximum atomic E-state index is 13.3. The number of tetrazole rings is 1. The van der Waals surface area contributed by atoms with E-state index >= 15 is 0 Å². The van der Waals surface area contributed by atoms with E-state index in [9.17, 15) is 9.90 Å².